The van der Waals surface area contributed by atoms with Gasteiger partial charge in [-0.25, -0.2) is 4.79 Å². The summed E-state index contributed by atoms with van der Waals surface area (Å²) in [6.07, 6.45) is -4.20. The molecule has 1 aromatic carbocycles. The topological polar surface area (TPSA) is 46.5 Å². The zero-order valence-corrected chi connectivity index (χ0v) is 8.91. The van der Waals surface area contributed by atoms with Crippen LogP contribution in [-0.4, -0.2) is 17.2 Å². The Morgan fingerprint density at radius 1 is 1.31 bits per heavy atom. The van der Waals surface area contributed by atoms with Crippen LogP contribution in [0.4, 0.5) is 8.78 Å². The lowest BCUT2D eigenvalue weighted by atomic mass is 10.0. The fourth-order valence-corrected chi connectivity index (χ4v) is 1.11. The molecule has 0 heterocycles. The molecule has 0 unspecified atom stereocenters. The summed E-state index contributed by atoms with van der Waals surface area (Å²) in [5.74, 6) is -2.20. The standard InChI is InChI=1S/C11H12F2O3/c1-7(2)8-3-5-9(6-4-8)16-11(12,13)10(14)15/h3-7H,1-2H3,(H,14,15). The first-order valence-electron chi connectivity index (χ1n) is 4.73. The largest absolute Gasteiger partial charge is 0.501 e. The van der Waals surface area contributed by atoms with E-state index in [0.29, 0.717) is 0 Å². The Kier molecular flexibility index (Phi) is 3.47. The highest BCUT2D eigenvalue weighted by molar-refractivity contribution is 5.73. The normalized spacial score (nSPS) is 11.6. The van der Waals surface area contributed by atoms with Gasteiger partial charge in [0.25, 0.3) is 0 Å². The Balaban J connectivity index is 2.80. The van der Waals surface area contributed by atoms with Crippen LogP contribution in [0.3, 0.4) is 0 Å². The van der Waals surface area contributed by atoms with Gasteiger partial charge in [-0.3, -0.25) is 0 Å². The van der Waals surface area contributed by atoms with Gasteiger partial charge < -0.3 is 9.84 Å². The summed E-state index contributed by atoms with van der Waals surface area (Å²) >= 11 is 0. The Hall–Kier alpha value is -1.65. The molecular weight excluding hydrogens is 218 g/mol. The van der Waals surface area contributed by atoms with Gasteiger partial charge in [-0.15, -0.1) is 0 Å². The first-order chi connectivity index (χ1) is 7.33. The van der Waals surface area contributed by atoms with Crippen LogP contribution in [0, 0.1) is 0 Å². The highest BCUT2D eigenvalue weighted by Gasteiger charge is 2.42. The molecule has 0 saturated carbocycles. The fraction of sp³-hybridized carbons (Fsp3) is 0.364. The molecule has 88 valence electrons. The molecule has 3 nitrogen and oxygen atoms in total. The summed E-state index contributed by atoms with van der Waals surface area (Å²) in [4.78, 5) is 10.1. The monoisotopic (exact) mass is 230 g/mol. The van der Waals surface area contributed by atoms with Crippen molar-refractivity contribution in [3.05, 3.63) is 29.8 Å². The molecule has 0 aliphatic carbocycles. The summed E-state index contributed by atoms with van der Waals surface area (Å²) in [5, 5.41) is 8.17. The van der Waals surface area contributed by atoms with E-state index in [2.05, 4.69) is 4.74 Å². The second kappa shape index (κ2) is 4.47. The van der Waals surface area contributed by atoms with E-state index in [1.165, 1.54) is 12.1 Å². The van der Waals surface area contributed by atoms with Crippen molar-refractivity contribution < 1.29 is 23.4 Å². The van der Waals surface area contributed by atoms with Crippen molar-refractivity contribution in [2.75, 3.05) is 0 Å². The minimum atomic E-state index is -4.20. The zero-order chi connectivity index (χ0) is 12.3. The minimum Gasteiger partial charge on any atom is -0.474 e. The summed E-state index contributed by atoms with van der Waals surface area (Å²) < 4.78 is 29.4. The molecule has 0 amide bonds. The SMILES string of the molecule is CC(C)c1ccc(OC(F)(F)C(=O)O)cc1. The number of ether oxygens (including phenoxy) is 1. The number of hydrogen-bond acceptors (Lipinski definition) is 2. The van der Waals surface area contributed by atoms with Crippen molar-refractivity contribution in [2.24, 2.45) is 0 Å². The number of carboxylic acids is 1. The Labute approximate surface area is 91.7 Å². The van der Waals surface area contributed by atoms with Crippen LogP contribution in [0.15, 0.2) is 24.3 Å². The third kappa shape index (κ3) is 2.92. The Bertz CT molecular complexity index is 371. The smallest absolute Gasteiger partial charge is 0.474 e. The first-order valence-corrected chi connectivity index (χ1v) is 4.73. The van der Waals surface area contributed by atoms with Gasteiger partial charge in [-0.2, -0.15) is 8.78 Å². The molecule has 0 fully saturated rings. The molecule has 0 saturated heterocycles. The summed E-state index contributed by atoms with van der Waals surface area (Å²) in [7, 11) is 0. The van der Waals surface area contributed by atoms with Gasteiger partial charge in [0.2, 0.25) is 0 Å². The summed E-state index contributed by atoms with van der Waals surface area (Å²) in [5.41, 5.74) is 0.964. The highest BCUT2D eigenvalue weighted by atomic mass is 19.3. The Morgan fingerprint density at radius 3 is 2.19 bits per heavy atom. The average Bonchev–Trinajstić information content (AvgIpc) is 2.17. The van der Waals surface area contributed by atoms with Gasteiger partial charge in [-0.1, -0.05) is 26.0 Å². The predicted molar refractivity (Wildman–Crippen MR) is 53.7 cm³/mol. The molecule has 1 rings (SSSR count). The molecule has 16 heavy (non-hydrogen) atoms. The molecule has 0 aromatic heterocycles. The van der Waals surface area contributed by atoms with Crippen LogP contribution >= 0.6 is 0 Å². The number of rotatable bonds is 4. The third-order valence-corrected chi connectivity index (χ3v) is 2.04. The zero-order valence-electron chi connectivity index (χ0n) is 8.91. The number of carboxylic acid groups (broad SMARTS) is 1. The van der Waals surface area contributed by atoms with Crippen molar-refractivity contribution >= 4 is 5.97 Å². The van der Waals surface area contributed by atoms with Gasteiger partial charge in [0, 0.05) is 0 Å². The van der Waals surface area contributed by atoms with E-state index in [9.17, 15) is 13.6 Å². The van der Waals surface area contributed by atoms with Gasteiger partial charge in [0.1, 0.15) is 5.75 Å². The maximum Gasteiger partial charge on any atom is 0.501 e. The van der Waals surface area contributed by atoms with Gasteiger partial charge >= 0.3 is 12.1 Å². The lowest BCUT2D eigenvalue weighted by Crippen LogP contribution is -2.34. The summed E-state index contributed by atoms with van der Waals surface area (Å²) in [6.45, 7) is 3.92. The second-order valence-corrected chi connectivity index (χ2v) is 3.65. The third-order valence-electron chi connectivity index (χ3n) is 2.04. The van der Waals surface area contributed by atoms with Crippen molar-refractivity contribution in [1.29, 1.82) is 0 Å². The number of halogens is 2. The molecule has 5 heteroatoms. The van der Waals surface area contributed by atoms with E-state index in [1.807, 2.05) is 13.8 Å². The van der Waals surface area contributed by atoms with Gasteiger partial charge in [-0.05, 0) is 23.6 Å². The lowest BCUT2D eigenvalue weighted by molar-refractivity contribution is -0.210. The molecule has 1 aromatic rings. The number of aliphatic carboxylic acids is 1. The first kappa shape index (κ1) is 12.4. The van der Waals surface area contributed by atoms with E-state index < -0.39 is 12.1 Å². The van der Waals surface area contributed by atoms with Crippen molar-refractivity contribution in [1.82, 2.24) is 0 Å². The molecule has 0 aliphatic rings. The van der Waals surface area contributed by atoms with E-state index in [4.69, 9.17) is 5.11 Å². The van der Waals surface area contributed by atoms with E-state index in [1.54, 1.807) is 12.1 Å². The van der Waals surface area contributed by atoms with E-state index in [0.717, 1.165) is 5.56 Å². The molecule has 1 N–H and O–H groups in total. The van der Waals surface area contributed by atoms with E-state index in [-0.39, 0.29) is 11.7 Å². The maximum atomic E-state index is 12.7. The molecular formula is C11H12F2O3. The van der Waals surface area contributed by atoms with Gasteiger partial charge in [0.05, 0.1) is 0 Å². The van der Waals surface area contributed by atoms with Crippen molar-refractivity contribution in [2.45, 2.75) is 25.9 Å². The van der Waals surface area contributed by atoms with Crippen LogP contribution in [0.2, 0.25) is 0 Å². The summed E-state index contributed by atoms with van der Waals surface area (Å²) in [6, 6.07) is 5.90. The average molecular weight is 230 g/mol. The van der Waals surface area contributed by atoms with Crippen molar-refractivity contribution in [3.63, 3.8) is 0 Å². The van der Waals surface area contributed by atoms with Crippen LogP contribution < -0.4 is 4.74 Å². The van der Waals surface area contributed by atoms with Crippen molar-refractivity contribution in [3.8, 4) is 5.75 Å². The van der Waals surface area contributed by atoms with Gasteiger partial charge in [0.15, 0.2) is 0 Å². The molecule has 0 aliphatic heterocycles. The molecule has 0 atom stereocenters. The minimum absolute atomic E-state index is 0.170. The second-order valence-electron chi connectivity index (χ2n) is 3.65. The van der Waals surface area contributed by atoms with E-state index >= 15 is 0 Å². The molecule has 0 bridgehead atoms. The maximum absolute atomic E-state index is 12.7. The lowest BCUT2D eigenvalue weighted by Gasteiger charge is -2.13. The van der Waals surface area contributed by atoms with Crippen LogP contribution in [0.5, 0.6) is 5.75 Å². The Morgan fingerprint density at radius 2 is 1.81 bits per heavy atom. The quantitative estimate of drug-likeness (QED) is 0.865. The number of benzene rings is 1. The molecule has 0 spiro atoms. The van der Waals surface area contributed by atoms with Crippen LogP contribution in [0.1, 0.15) is 25.3 Å². The predicted octanol–water partition coefficient (Wildman–Crippen LogP) is 2.87. The molecule has 0 radical (unpaired) electrons. The van der Waals surface area contributed by atoms with Crippen LogP contribution in [0.25, 0.3) is 0 Å². The highest BCUT2D eigenvalue weighted by Crippen LogP contribution is 2.24. The number of alkyl halides is 2. The number of carbonyl (C=O) groups is 1. The fourth-order valence-electron chi connectivity index (χ4n) is 1.11. The number of hydrogen-bond donors (Lipinski definition) is 1. The van der Waals surface area contributed by atoms with Crippen LogP contribution in [-0.2, 0) is 4.79 Å².